The molecule has 0 fully saturated rings. The monoisotopic (exact) mass is 453 g/mol. The van der Waals surface area contributed by atoms with Crippen LogP contribution in [0.1, 0.15) is 0 Å². The number of anilines is 3. The zero-order valence-electron chi connectivity index (χ0n) is 18.8. The number of halogens is 1. The van der Waals surface area contributed by atoms with Gasteiger partial charge < -0.3 is 9.32 Å². The van der Waals surface area contributed by atoms with Gasteiger partial charge in [-0.25, -0.2) is 4.39 Å². The zero-order chi connectivity index (χ0) is 23.4. The molecule has 0 amide bonds. The minimum atomic E-state index is -0.255. The quantitative estimate of drug-likeness (QED) is 0.265. The maximum absolute atomic E-state index is 13.8. The maximum Gasteiger partial charge on any atom is 0.143 e. The molecule has 0 aliphatic carbocycles. The average molecular weight is 454 g/mol. The number of para-hydroxylation sites is 1. The van der Waals surface area contributed by atoms with Crippen LogP contribution < -0.4 is 4.90 Å². The van der Waals surface area contributed by atoms with Gasteiger partial charge in [-0.15, -0.1) is 0 Å². The highest BCUT2D eigenvalue weighted by Crippen LogP contribution is 2.44. The summed E-state index contributed by atoms with van der Waals surface area (Å²) in [6.45, 7) is 0. The normalized spacial score (nSPS) is 11.6. The molecule has 1 aromatic heterocycles. The molecule has 0 radical (unpaired) electrons. The van der Waals surface area contributed by atoms with Gasteiger partial charge in [-0.1, -0.05) is 66.7 Å². The summed E-state index contributed by atoms with van der Waals surface area (Å²) >= 11 is 0. The van der Waals surface area contributed by atoms with Crippen LogP contribution in [0.4, 0.5) is 21.5 Å². The molecule has 0 saturated heterocycles. The van der Waals surface area contributed by atoms with Crippen LogP contribution in [0.3, 0.4) is 0 Å². The molecule has 0 saturated carbocycles. The molecule has 0 unspecified atom stereocenters. The number of hydrogen-bond donors (Lipinski definition) is 0. The van der Waals surface area contributed by atoms with Gasteiger partial charge in [-0.3, -0.25) is 0 Å². The summed E-state index contributed by atoms with van der Waals surface area (Å²) in [5.74, 6) is -0.255. The molecule has 6 aromatic carbocycles. The van der Waals surface area contributed by atoms with E-state index >= 15 is 0 Å². The highest BCUT2D eigenvalue weighted by Gasteiger charge is 2.20. The van der Waals surface area contributed by atoms with Crippen LogP contribution in [-0.2, 0) is 0 Å². The minimum absolute atomic E-state index is 0.255. The van der Waals surface area contributed by atoms with Gasteiger partial charge in [0.15, 0.2) is 0 Å². The maximum atomic E-state index is 13.8. The molecule has 166 valence electrons. The van der Waals surface area contributed by atoms with Gasteiger partial charge in [0.2, 0.25) is 0 Å². The van der Waals surface area contributed by atoms with Crippen LogP contribution in [0.25, 0.3) is 43.5 Å². The largest absolute Gasteiger partial charge is 0.455 e. The van der Waals surface area contributed by atoms with E-state index < -0.39 is 0 Å². The summed E-state index contributed by atoms with van der Waals surface area (Å²) < 4.78 is 20.3. The Labute approximate surface area is 201 Å². The molecule has 0 atom stereocenters. The first kappa shape index (κ1) is 19.8. The standard InChI is InChI=1S/C32H20FNO/c33-23-14-16-25(17-15-23)34(24-10-2-1-3-11-24)30-20-29-28-18-21-8-4-5-9-22(21)19-31(28)35-32(29)27-13-7-6-12-26(27)30/h1-20H. The van der Waals surface area contributed by atoms with Crippen molar-refractivity contribution in [1.29, 1.82) is 0 Å². The molecule has 0 bridgehead atoms. The lowest BCUT2D eigenvalue weighted by molar-refractivity contribution is 0.628. The van der Waals surface area contributed by atoms with Crippen molar-refractivity contribution in [3.63, 3.8) is 0 Å². The smallest absolute Gasteiger partial charge is 0.143 e. The van der Waals surface area contributed by atoms with Crippen molar-refractivity contribution in [3.05, 3.63) is 127 Å². The van der Waals surface area contributed by atoms with E-state index in [2.05, 4.69) is 65.6 Å². The average Bonchev–Trinajstić information content (AvgIpc) is 3.27. The van der Waals surface area contributed by atoms with Crippen molar-refractivity contribution in [2.75, 3.05) is 4.90 Å². The predicted molar refractivity (Wildman–Crippen MR) is 143 cm³/mol. The predicted octanol–water partition coefficient (Wildman–Crippen LogP) is 9.50. The number of rotatable bonds is 3. The number of benzene rings is 6. The number of hydrogen-bond acceptors (Lipinski definition) is 2. The Balaban J connectivity index is 1.60. The van der Waals surface area contributed by atoms with Crippen LogP contribution in [0.2, 0.25) is 0 Å². The lowest BCUT2D eigenvalue weighted by Crippen LogP contribution is -2.10. The lowest BCUT2D eigenvalue weighted by atomic mass is 10.0. The van der Waals surface area contributed by atoms with Crippen LogP contribution in [0.15, 0.2) is 126 Å². The van der Waals surface area contributed by atoms with Crippen molar-refractivity contribution >= 4 is 60.5 Å². The van der Waals surface area contributed by atoms with Crippen molar-refractivity contribution in [1.82, 2.24) is 0 Å². The van der Waals surface area contributed by atoms with Gasteiger partial charge in [0.1, 0.15) is 17.0 Å². The van der Waals surface area contributed by atoms with E-state index in [-0.39, 0.29) is 5.82 Å². The van der Waals surface area contributed by atoms with Gasteiger partial charge in [-0.2, -0.15) is 0 Å². The van der Waals surface area contributed by atoms with E-state index in [9.17, 15) is 4.39 Å². The SMILES string of the molecule is Fc1ccc(N(c2ccccc2)c2cc3c4cc5ccccc5cc4oc3c3ccccc23)cc1. The van der Waals surface area contributed by atoms with Crippen molar-refractivity contribution in [2.45, 2.75) is 0 Å². The third-order valence-electron chi connectivity index (χ3n) is 6.66. The second-order valence-electron chi connectivity index (χ2n) is 8.76. The molecule has 2 nitrogen and oxygen atoms in total. The highest BCUT2D eigenvalue weighted by atomic mass is 19.1. The van der Waals surface area contributed by atoms with E-state index in [0.29, 0.717) is 0 Å². The minimum Gasteiger partial charge on any atom is -0.455 e. The molecular weight excluding hydrogens is 433 g/mol. The van der Waals surface area contributed by atoms with Crippen molar-refractivity contribution < 1.29 is 8.81 Å². The van der Waals surface area contributed by atoms with Gasteiger partial charge in [0.05, 0.1) is 5.69 Å². The van der Waals surface area contributed by atoms with E-state index in [4.69, 9.17) is 4.42 Å². The van der Waals surface area contributed by atoms with Gasteiger partial charge >= 0.3 is 0 Å². The number of fused-ring (bicyclic) bond motifs is 6. The molecular formula is C32H20FNO. The highest BCUT2D eigenvalue weighted by molar-refractivity contribution is 6.21. The van der Waals surface area contributed by atoms with E-state index in [1.54, 1.807) is 0 Å². The molecule has 0 spiro atoms. The van der Waals surface area contributed by atoms with Crippen molar-refractivity contribution in [3.8, 4) is 0 Å². The first-order valence-corrected chi connectivity index (χ1v) is 11.6. The topological polar surface area (TPSA) is 16.4 Å². The zero-order valence-corrected chi connectivity index (χ0v) is 18.8. The Morgan fingerprint density at radius 1 is 0.514 bits per heavy atom. The lowest BCUT2D eigenvalue weighted by Gasteiger charge is -2.27. The first-order valence-electron chi connectivity index (χ1n) is 11.6. The first-order chi connectivity index (χ1) is 17.3. The fourth-order valence-corrected chi connectivity index (χ4v) is 5.04. The van der Waals surface area contributed by atoms with Gasteiger partial charge in [-0.05, 0) is 65.4 Å². The number of furan rings is 1. The van der Waals surface area contributed by atoms with Gasteiger partial charge in [0, 0.05) is 32.9 Å². The van der Waals surface area contributed by atoms with Gasteiger partial charge in [0.25, 0.3) is 0 Å². The molecule has 3 heteroatoms. The second kappa shape index (κ2) is 7.71. The molecule has 0 aliphatic rings. The Morgan fingerprint density at radius 3 is 1.91 bits per heavy atom. The Hall–Kier alpha value is -4.63. The third-order valence-corrected chi connectivity index (χ3v) is 6.66. The second-order valence-corrected chi connectivity index (χ2v) is 8.76. The van der Waals surface area contributed by atoms with Crippen LogP contribution in [0.5, 0.6) is 0 Å². The molecule has 7 rings (SSSR count). The summed E-state index contributed by atoms with van der Waals surface area (Å²) in [6.07, 6.45) is 0. The Morgan fingerprint density at radius 2 is 1.14 bits per heavy atom. The third kappa shape index (κ3) is 3.17. The number of nitrogens with zero attached hydrogens (tertiary/aromatic N) is 1. The Bertz CT molecular complexity index is 1850. The van der Waals surface area contributed by atoms with Crippen LogP contribution in [0, 0.1) is 5.82 Å². The van der Waals surface area contributed by atoms with Crippen LogP contribution in [-0.4, -0.2) is 0 Å². The summed E-state index contributed by atoms with van der Waals surface area (Å²) in [6, 6.07) is 40.0. The summed E-state index contributed by atoms with van der Waals surface area (Å²) in [4.78, 5) is 2.18. The van der Waals surface area contributed by atoms with E-state index in [1.807, 2.05) is 48.5 Å². The Kier molecular flexibility index (Phi) is 4.36. The molecule has 7 aromatic rings. The van der Waals surface area contributed by atoms with E-state index in [0.717, 1.165) is 55.2 Å². The summed E-state index contributed by atoms with van der Waals surface area (Å²) in [5.41, 5.74) is 4.65. The molecule has 0 N–H and O–H groups in total. The van der Waals surface area contributed by atoms with E-state index in [1.165, 1.54) is 17.5 Å². The summed E-state index contributed by atoms with van der Waals surface area (Å²) in [7, 11) is 0. The van der Waals surface area contributed by atoms with Crippen molar-refractivity contribution in [2.24, 2.45) is 0 Å². The summed E-state index contributed by atoms with van der Waals surface area (Å²) in [5, 5.41) is 6.58. The van der Waals surface area contributed by atoms with Crippen LogP contribution >= 0.6 is 0 Å². The fourth-order valence-electron chi connectivity index (χ4n) is 5.04. The molecule has 1 heterocycles. The molecule has 0 aliphatic heterocycles. The molecule has 35 heavy (non-hydrogen) atoms. The fraction of sp³-hybridized carbons (Fsp3) is 0.